The summed E-state index contributed by atoms with van der Waals surface area (Å²) in [5.41, 5.74) is 5.17. The summed E-state index contributed by atoms with van der Waals surface area (Å²) >= 11 is 0. The summed E-state index contributed by atoms with van der Waals surface area (Å²) < 4.78 is 5.14. The van der Waals surface area contributed by atoms with Gasteiger partial charge in [-0.1, -0.05) is 13.8 Å². The molecule has 0 aromatic carbocycles. The van der Waals surface area contributed by atoms with Gasteiger partial charge in [0.1, 0.15) is 5.54 Å². The number of hydrogen-bond acceptors (Lipinski definition) is 3. The lowest BCUT2D eigenvalue weighted by atomic mass is 9.78. The van der Waals surface area contributed by atoms with E-state index in [0.29, 0.717) is 12.5 Å². The molecule has 0 amide bonds. The van der Waals surface area contributed by atoms with E-state index in [2.05, 4.69) is 13.8 Å². The lowest BCUT2D eigenvalue weighted by molar-refractivity contribution is -0.153. The van der Waals surface area contributed by atoms with Crippen LogP contribution in [0.1, 0.15) is 46.0 Å². The molecule has 0 bridgehead atoms. The van der Waals surface area contributed by atoms with E-state index >= 15 is 0 Å². The minimum atomic E-state index is -0.641. The van der Waals surface area contributed by atoms with Gasteiger partial charge in [0.25, 0.3) is 0 Å². The zero-order valence-electron chi connectivity index (χ0n) is 9.21. The summed E-state index contributed by atoms with van der Waals surface area (Å²) in [5.74, 6) is 0.469. The molecule has 0 saturated heterocycles. The monoisotopic (exact) mass is 199 g/mol. The van der Waals surface area contributed by atoms with E-state index in [1.807, 2.05) is 0 Å². The Morgan fingerprint density at radius 3 is 2.57 bits per heavy atom. The van der Waals surface area contributed by atoms with Gasteiger partial charge in [-0.3, -0.25) is 4.79 Å². The smallest absolute Gasteiger partial charge is 0.326 e. The fourth-order valence-corrected chi connectivity index (χ4v) is 1.56. The lowest BCUT2D eigenvalue weighted by Gasteiger charge is -2.35. The predicted molar refractivity (Wildman–Crippen MR) is 55.8 cm³/mol. The van der Waals surface area contributed by atoms with E-state index < -0.39 is 5.54 Å². The van der Waals surface area contributed by atoms with E-state index in [4.69, 9.17) is 10.5 Å². The third-order valence-electron chi connectivity index (χ3n) is 2.81. The van der Waals surface area contributed by atoms with Gasteiger partial charge in [-0.15, -0.1) is 0 Å². The van der Waals surface area contributed by atoms with E-state index in [1.165, 1.54) is 0 Å². The van der Waals surface area contributed by atoms with Crippen LogP contribution in [0.4, 0.5) is 0 Å². The predicted octanol–water partition coefficient (Wildman–Crippen LogP) is 1.85. The molecule has 0 atom stereocenters. The van der Waals surface area contributed by atoms with E-state index in [9.17, 15) is 4.79 Å². The molecule has 0 aromatic heterocycles. The number of carbonyl (C=O) groups is 1. The maximum Gasteiger partial charge on any atom is 0.326 e. The first-order chi connectivity index (χ1) is 6.54. The highest BCUT2D eigenvalue weighted by Crippen LogP contribution is 2.30. The van der Waals surface area contributed by atoms with Gasteiger partial charge < -0.3 is 10.5 Å². The largest absolute Gasteiger partial charge is 0.464 e. The molecule has 82 valence electrons. The van der Waals surface area contributed by atoms with Gasteiger partial charge in [-0.2, -0.15) is 0 Å². The van der Waals surface area contributed by atoms with Crippen LogP contribution >= 0.6 is 0 Å². The van der Waals surface area contributed by atoms with Crippen LogP contribution in [0.25, 0.3) is 0 Å². The molecule has 14 heavy (non-hydrogen) atoms. The third-order valence-corrected chi connectivity index (χ3v) is 2.81. The summed E-state index contributed by atoms with van der Waals surface area (Å²) in [6.45, 7) is 4.85. The van der Waals surface area contributed by atoms with Crippen LogP contribution in [-0.2, 0) is 9.53 Å². The third kappa shape index (κ3) is 2.98. The van der Waals surface area contributed by atoms with Crippen molar-refractivity contribution in [2.75, 3.05) is 6.61 Å². The van der Waals surface area contributed by atoms with Gasteiger partial charge in [-0.25, -0.2) is 0 Å². The van der Waals surface area contributed by atoms with Crippen LogP contribution < -0.4 is 5.73 Å². The van der Waals surface area contributed by atoms with Gasteiger partial charge in [0.05, 0.1) is 6.61 Å². The van der Waals surface area contributed by atoms with Crippen LogP contribution in [0.2, 0.25) is 0 Å². The number of nitrogens with two attached hydrogens (primary N) is 1. The summed E-state index contributed by atoms with van der Waals surface area (Å²) in [7, 11) is 0. The Morgan fingerprint density at radius 2 is 2.14 bits per heavy atom. The zero-order chi connectivity index (χ0) is 10.6. The minimum Gasteiger partial charge on any atom is -0.464 e. The van der Waals surface area contributed by atoms with Crippen molar-refractivity contribution in [2.24, 2.45) is 11.7 Å². The minimum absolute atomic E-state index is 0.201. The normalized spacial score (nSPS) is 19.1. The molecule has 0 spiro atoms. The summed E-state index contributed by atoms with van der Waals surface area (Å²) in [5, 5.41) is 0. The van der Waals surface area contributed by atoms with Crippen molar-refractivity contribution in [3.63, 3.8) is 0 Å². The molecule has 3 nitrogen and oxygen atoms in total. The highest BCUT2D eigenvalue weighted by molar-refractivity contribution is 5.81. The SMILES string of the molecule is CC(C)CCCOC(=O)C1(N)CCC1. The standard InChI is InChI=1S/C11H21NO2/c1-9(2)5-3-8-14-10(13)11(12)6-4-7-11/h9H,3-8,12H2,1-2H3. The van der Waals surface area contributed by atoms with Crippen LogP contribution in [0.5, 0.6) is 0 Å². The first kappa shape index (κ1) is 11.5. The van der Waals surface area contributed by atoms with Crippen molar-refractivity contribution in [1.29, 1.82) is 0 Å². The molecule has 0 radical (unpaired) electrons. The molecule has 1 saturated carbocycles. The maximum atomic E-state index is 11.4. The van der Waals surface area contributed by atoms with Crippen LogP contribution in [0.15, 0.2) is 0 Å². The molecule has 3 heteroatoms. The molecule has 1 rings (SSSR count). The van der Waals surface area contributed by atoms with Crippen molar-refractivity contribution >= 4 is 5.97 Å². The van der Waals surface area contributed by atoms with Crippen LogP contribution in [0.3, 0.4) is 0 Å². The Hall–Kier alpha value is -0.570. The van der Waals surface area contributed by atoms with Crippen molar-refractivity contribution in [2.45, 2.75) is 51.5 Å². The first-order valence-electron chi connectivity index (χ1n) is 5.51. The Labute approximate surface area is 86.0 Å². The van der Waals surface area contributed by atoms with Crippen LogP contribution in [-0.4, -0.2) is 18.1 Å². The Balaban J connectivity index is 2.09. The highest BCUT2D eigenvalue weighted by atomic mass is 16.5. The molecule has 1 aliphatic carbocycles. The second-order valence-corrected chi connectivity index (χ2v) is 4.68. The van der Waals surface area contributed by atoms with Crippen molar-refractivity contribution in [1.82, 2.24) is 0 Å². The van der Waals surface area contributed by atoms with Crippen molar-refractivity contribution in [3.05, 3.63) is 0 Å². The molecular weight excluding hydrogens is 178 g/mol. The summed E-state index contributed by atoms with van der Waals surface area (Å²) in [4.78, 5) is 11.4. The van der Waals surface area contributed by atoms with Gasteiger partial charge in [-0.05, 0) is 38.0 Å². The van der Waals surface area contributed by atoms with E-state index in [0.717, 1.165) is 32.1 Å². The number of carbonyl (C=O) groups excluding carboxylic acids is 1. The average molecular weight is 199 g/mol. The molecule has 1 aliphatic rings. The Morgan fingerprint density at radius 1 is 1.50 bits per heavy atom. The Kier molecular flexibility index (Phi) is 3.93. The van der Waals surface area contributed by atoms with Gasteiger partial charge >= 0.3 is 5.97 Å². The fourth-order valence-electron chi connectivity index (χ4n) is 1.56. The van der Waals surface area contributed by atoms with Gasteiger partial charge in [0.2, 0.25) is 0 Å². The summed E-state index contributed by atoms with van der Waals surface area (Å²) in [6.07, 6.45) is 4.67. The number of hydrogen-bond donors (Lipinski definition) is 1. The molecule has 2 N–H and O–H groups in total. The second kappa shape index (κ2) is 4.78. The van der Waals surface area contributed by atoms with Gasteiger partial charge in [0, 0.05) is 0 Å². The summed E-state index contributed by atoms with van der Waals surface area (Å²) in [6, 6.07) is 0. The number of rotatable bonds is 5. The highest BCUT2D eigenvalue weighted by Gasteiger charge is 2.41. The zero-order valence-corrected chi connectivity index (χ0v) is 9.21. The second-order valence-electron chi connectivity index (χ2n) is 4.68. The van der Waals surface area contributed by atoms with Gasteiger partial charge in [0.15, 0.2) is 0 Å². The topological polar surface area (TPSA) is 52.3 Å². The quantitative estimate of drug-likeness (QED) is 0.543. The van der Waals surface area contributed by atoms with Crippen LogP contribution in [0, 0.1) is 5.92 Å². The maximum absolute atomic E-state index is 11.4. The number of esters is 1. The molecule has 0 aliphatic heterocycles. The molecular formula is C11H21NO2. The van der Waals surface area contributed by atoms with E-state index in [-0.39, 0.29) is 5.97 Å². The first-order valence-corrected chi connectivity index (χ1v) is 5.51. The molecule has 1 fully saturated rings. The lowest BCUT2D eigenvalue weighted by Crippen LogP contribution is -2.54. The van der Waals surface area contributed by atoms with Crippen molar-refractivity contribution < 1.29 is 9.53 Å². The van der Waals surface area contributed by atoms with E-state index in [1.54, 1.807) is 0 Å². The molecule has 0 heterocycles. The number of ether oxygens (including phenoxy) is 1. The molecule has 0 unspecified atom stereocenters. The van der Waals surface area contributed by atoms with Crippen molar-refractivity contribution in [3.8, 4) is 0 Å². The fraction of sp³-hybridized carbons (Fsp3) is 0.909. The Bertz CT molecular complexity index is 197. The molecule has 0 aromatic rings. The average Bonchev–Trinajstić information content (AvgIpc) is 2.07.